The average molecular weight is 641 g/mol. The van der Waals surface area contributed by atoms with E-state index in [1.165, 1.54) is 43.8 Å². The quantitative estimate of drug-likeness (QED) is 0.192. The first-order chi connectivity index (χ1) is 24.5. The van der Waals surface area contributed by atoms with E-state index in [0.717, 1.165) is 45.0 Å². The van der Waals surface area contributed by atoms with E-state index in [1.807, 2.05) is 18.3 Å². The molecule has 0 aliphatic heterocycles. The molecule has 3 aromatic heterocycles. The van der Waals surface area contributed by atoms with Gasteiger partial charge in [0.15, 0.2) is 5.82 Å². The van der Waals surface area contributed by atoms with E-state index in [-0.39, 0.29) is 5.41 Å². The highest BCUT2D eigenvalue weighted by Crippen LogP contribution is 2.50. The van der Waals surface area contributed by atoms with Crippen molar-refractivity contribution in [2.45, 2.75) is 19.3 Å². The summed E-state index contributed by atoms with van der Waals surface area (Å²) in [6.07, 6.45) is 1.95. The summed E-state index contributed by atoms with van der Waals surface area (Å²) in [4.78, 5) is 15.3. The summed E-state index contributed by atoms with van der Waals surface area (Å²) < 4.78 is 2.40. The number of fused-ring (bicyclic) bond motifs is 5. The van der Waals surface area contributed by atoms with Crippen LogP contribution in [0.5, 0.6) is 0 Å². The third-order valence-electron chi connectivity index (χ3n) is 10.4. The van der Waals surface area contributed by atoms with Crippen molar-refractivity contribution in [3.8, 4) is 50.8 Å². The zero-order valence-electron chi connectivity index (χ0n) is 27.8. The number of hydrogen-bond acceptors (Lipinski definition) is 3. The summed E-state index contributed by atoms with van der Waals surface area (Å²) in [6.45, 7) is 4.69. The highest BCUT2D eigenvalue weighted by Gasteiger charge is 2.35. The van der Waals surface area contributed by atoms with Gasteiger partial charge in [-0.1, -0.05) is 123 Å². The summed E-state index contributed by atoms with van der Waals surface area (Å²) in [7, 11) is 0. The van der Waals surface area contributed by atoms with Gasteiger partial charge in [-0.3, -0.25) is 4.98 Å². The van der Waals surface area contributed by atoms with E-state index in [2.05, 4.69) is 158 Å². The number of hydrogen-bond donors (Lipinski definition) is 0. The van der Waals surface area contributed by atoms with Crippen LogP contribution in [-0.4, -0.2) is 19.5 Å². The molecule has 0 fully saturated rings. The number of para-hydroxylation sites is 1. The Morgan fingerprint density at radius 3 is 1.96 bits per heavy atom. The zero-order chi connectivity index (χ0) is 33.4. The van der Waals surface area contributed by atoms with Gasteiger partial charge in [-0.2, -0.15) is 0 Å². The summed E-state index contributed by atoms with van der Waals surface area (Å²) in [5.74, 6) is 0.696. The number of pyridine rings is 1. The molecule has 0 spiro atoms. The maximum atomic E-state index is 5.14. The second-order valence-electron chi connectivity index (χ2n) is 13.7. The minimum atomic E-state index is -0.207. The van der Waals surface area contributed by atoms with Gasteiger partial charge in [0.05, 0.1) is 28.1 Å². The maximum absolute atomic E-state index is 5.14. The van der Waals surface area contributed by atoms with Gasteiger partial charge in [0.2, 0.25) is 0 Å². The molecule has 1 aliphatic carbocycles. The van der Waals surface area contributed by atoms with Gasteiger partial charge in [-0.25, -0.2) is 9.97 Å². The molecule has 236 valence electrons. The molecule has 4 heteroatoms. The van der Waals surface area contributed by atoms with Crippen molar-refractivity contribution in [3.63, 3.8) is 0 Å². The van der Waals surface area contributed by atoms with Crippen LogP contribution in [0.3, 0.4) is 0 Å². The van der Waals surface area contributed by atoms with Crippen molar-refractivity contribution in [2.75, 3.05) is 0 Å². The molecule has 0 bridgehead atoms. The van der Waals surface area contributed by atoms with Crippen molar-refractivity contribution in [3.05, 3.63) is 169 Å². The van der Waals surface area contributed by atoms with E-state index < -0.39 is 0 Å². The Morgan fingerprint density at radius 1 is 0.520 bits per heavy atom. The van der Waals surface area contributed by atoms with Crippen LogP contribution < -0.4 is 0 Å². The molecule has 4 nitrogen and oxygen atoms in total. The molecule has 9 aromatic rings. The molecule has 0 N–H and O–H groups in total. The van der Waals surface area contributed by atoms with Crippen molar-refractivity contribution >= 4 is 32.6 Å². The molecule has 0 unspecified atom stereocenters. The minimum Gasteiger partial charge on any atom is -0.309 e. The lowest BCUT2D eigenvalue weighted by Gasteiger charge is -2.34. The smallest absolute Gasteiger partial charge is 0.160 e. The Kier molecular flexibility index (Phi) is 6.19. The van der Waals surface area contributed by atoms with Crippen LogP contribution in [0.1, 0.15) is 25.0 Å². The number of nitrogens with zero attached hydrogens (tertiary/aromatic N) is 4. The normalized spacial score (nSPS) is 13.2. The van der Waals surface area contributed by atoms with Gasteiger partial charge in [-0.15, -0.1) is 0 Å². The average Bonchev–Trinajstić information content (AvgIpc) is 3.50. The molecule has 0 radical (unpaired) electrons. The van der Waals surface area contributed by atoms with Gasteiger partial charge in [-0.05, 0) is 59.0 Å². The van der Waals surface area contributed by atoms with Gasteiger partial charge in [0.25, 0.3) is 0 Å². The van der Waals surface area contributed by atoms with E-state index >= 15 is 0 Å². The first kappa shape index (κ1) is 28.6. The molecule has 0 saturated carbocycles. The van der Waals surface area contributed by atoms with Crippen molar-refractivity contribution in [1.82, 2.24) is 19.5 Å². The second kappa shape index (κ2) is 10.8. The van der Waals surface area contributed by atoms with Gasteiger partial charge >= 0.3 is 0 Å². The Hall–Kier alpha value is -6.39. The van der Waals surface area contributed by atoms with Crippen molar-refractivity contribution < 1.29 is 0 Å². The van der Waals surface area contributed by atoms with Crippen LogP contribution in [0.2, 0.25) is 0 Å². The zero-order valence-corrected chi connectivity index (χ0v) is 27.8. The van der Waals surface area contributed by atoms with Crippen LogP contribution in [0, 0.1) is 0 Å². The lowest BCUT2D eigenvalue weighted by atomic mass is 9.69. The van der Waals surface area contributed by atoms with Gasteiger partial charge < -0.3 is 4.57 Å². The fraction of sp³-hybridized carbons (Fsp3) is 0.0652. The third kappa shape index (κ3) is 4.28. The predicted octanol–water partition coefficient (Wildman–Crippen LogP) is 11.4. The van der Waals surface area contributed by atoms with Gasteiger partial charge in [0, 0.05) is 55.7 Å². The molecular formula is C46H32N4. The van der Waals surface area contributed by atoms with E-state index in [9.17, 15) is 0 Å². The summed E-state index contributed by atoms with van der Waals surface area (Å²) in [5, 5.41) is 4.93. The Balaban J connectivity index is 1.20. The first-order valence-corrected chi connectivity index (χ1v) is 17.1. The highest BCUT2D eigenvalue weighted by atomic mass is 15.0. The largest absolute Gasteiger partial charge is 0.309 e. The van der Waals surface area contributed by atoms with Crippen LogP contribution in [0.15, 0.2) is 158 Å². The van der Waals surface area contributed by atoms with E-state index in [1.54, 1.807) is 0 Å². The summed E-state index contributed by atoms with van der Waals surface area (Å²) in [5.41, 5.74) is 13.0. The van der Waals surface area contributed by atoms with Crippen molar-refractivity contribution in [2.24, 2.45) is 0 Å². The molecular weight excluding hydrogens is 609 g/mol. The molecule has 1 aliphatic rings. The first-order valence-electron chi connectivity index (χ1n) is 17.1. The predicted molar refractivity (Wildman–Crippen MR) is 206 cm³/mol. The van der Waals surface area contributed by atoms with Crippen LogP contribution >= 0.6 is 0 Å². The molecule has 0 atom stereocenters. The molecule has 10 rings (SSSR count). The summed E-state index contributed by atoms with van der Waals surface area (Å²) in [6, 6.07) is 53.7. The minimum absolute atomic E-state index is 0.207. The molecule has 3 heterocycles. The molecule has 0 amide bonds. The van der Waals surface area contributed by atoms with Crippen LogP contribution in [-0.2, 0) is 5.41 Å². The number of rotatable bonds is 4. The molecule has 6 aromatic carbocycles. The van der Waals surface area contributed by atoms with Crippen molar-refractivity contribution in [1.29, 1.82) is 0 Å². The van der Waals surface area contributed by atoms with E-state index in [4.69, 9.17) is 15.0 Å². The van der Waals surface area contributed by atoms with Crippen LogP contribution in [0.4, 0.5) is 0 Å². The topological polar surface area (TPSA) is 43.6 Å². The van der Waals surface area contributed by atoms with E-state index in [0.29, 0.717) is 5.82 Å². The molecule has 0 saturated heterocycles. The number of benzene rings is 6. The SMILES string of the molecule is CC1(C)c2cc3c(cc2-c2nccc4cccc1c24)c1ccccc1n3-c1cccc(-c2nc(-c3ccccc3)cc(-c3ccccc3)n2)c1. The Bertz CT molecular complexity index is 2710. The fourth-order valence-corrected chi connectivity index (χ4v) is 7.98. The maximum Gasteiger partial charge on any atom is 0.160 e. The lowest BCUT2D eigenvalue weighted by molar-refractivity contribution is 0.645. The summed E-state index contributed by atoms with van der Waals surface area (Å²) >= 11 is 0. The Morgan fingerprint density at radius 2 is 1.20 bits per heavy atom. The third-order valence-corrected chi connectivity index (χ3v) is 10.4. The fourth-order valence-electron chi connectivity index (χ4n) is 7.98. The number of aromatic nitrogens is 4. The second-order valence-corrected chi connectivity index (χ2v) is 13.7. The lowest BCUT2D eigenvalue weighted by Crippen LogP contribution is -2.24. The van der Waals surface area contributed by atoms with Crippen LogP contribution in [0.25, 0.3) is 83.4 Å². The molecule has 50 heavy (non-hydrogen) atoms. The standard InChI is InChI=1S/C46H32N4/c1-46(2)37-21-12-17-31-23-24-47-44(43(31)37)36-26-35-34-20-9-10-22-41(34)50(42(35)27-38(36)46)33-19-11-18-32(25-33)45-48-39(29-13-5-3-6-14-29)28-40(49-45)30-15-7-4-8-16-30/h3-28H,1-2H3. The van der Waals surface area contributed by atoms with Gasteiger partial charge in [0.1, 0.15) is 0 Å². The Labute approximate surface area is 290 Å². The highest BCUT2D eigenvalue weighted by molar-refractivity contribution is 6.13. The monoisotopic (exact) mass is 640 g/mol.